The SMILES string of the molecule is CC(=O)CCC1(C2CCOCC2)COC1. The summed E-state index contributed by atoms with van der Waals surface area (Å²) in [6, 6.07) is 0. The van der Waals surface area contributed by atoms with Gasteiger partial charge in [-0.25, -0.2) is 0 Å². The molecule has 0 spiro atoms. The normalized spacial score (nSPS) is 25.9. The molecule has 0 N–H and O–H groups in total. The van der Waals surface area contributed by atoms with Gasteiger partial charge in [0.1, 0.15) is 5.78 Å². The zero-order valence-electron chi connectivity index (χ0n) is 9.46. The largest absolute Gasteiger partial charge is 0.381 e. The van der Waals surface area contributed by atoms with Crippen LogP contribution in [0.15, 0.2) is 0 Å². The molecule has 2 aliphatic rings. The van der Waals surface area contributed by atoms with E-state index in [-0.39, 0.29) is 0 Å². The minimum absolute atomic E-state index is 0.299. The van der Waals surface area contributed by atoms with E-state index in [1.165, 1.54) is 0 Å². The van der Waals surface area contributed by atoms with Gasteiger partial charge in [0, 0.05) is 25.0 Å². The van der Waals surface area contributed by atoms with E-state index in [1.54, 1.807) is 6.92 Å². The Morgan fingerprint density at radius 2 is 1.93 bits per heavy atom. The lowest BCUT2D eigenvalue weighted by atomic mass is 9.67. The number of rotatable bonds is 4. The first kappa shape index (κ1) is 11.1. The van der Waals surface area contributed by atoms with E-state index < -0.39 is 0 Å². The van der Waals surface area contributed by atoms with E-state index in [9.17, 15) is 4.79 Å². The first-order valence-electron chi connectivity index (χ1n) is 5.88. The van der Waals surface area contributed by atoms with Crippen LogP contribution in [0.1, 0.15) is 32.6 Å². The molecular weight excluding hydrogens is 192 g/mol. The lowest BCUT2D eigenvalue weighted by Gasteiger charge is -2.48. The van der Waals surface area contributed by atoms with Gasteiger partial charge < -0.3 is 14.3 Å². The molecule has 0 aromatic heterocycles. The Balaban J connectivity index is 1.91. The molecule has 2 rings (SSSR count). The molecule has 0 aromatic rings. The van der Waals surface area contributed by atoms with Crippen LogP contribution in [0.4, 0.5) is 0 Å². The van der Waals surface area contributed by atoms with Crippen LogP contribution in [0.2, 0.25) is 0 Å². The standard InChI is InChI=1S/C12H20O3/c1-10(13)2-5-12(8-15-9-12)11-3-6-14-7-4-11/h11H,2-9H2,1H3. The molecule has 0 atom stereocenters. The van der Waals surface area contributed by atoms with Gasteiger partial charge >= 0.3 is 0 Å². The van der Waals surface area contributed by atoms with Gasteiger partial charge in [-0.05, 0) is 32.1 Å². The average molecular weight is 212 g/mol. The van der Waals surface area contributed by atoms with Crippen molar-refractivity contribution in [3.05, 3.63) is 0 Å². The molecule has 0 aliphatic carbocycles. The number of carbonyl (C=O) groups excluding carboxylic acids is 1. The van der Waals surface area contributed by atoms with Gasteiger partial charge in [-0.15, -0.1) is 0 Å². The summed E-state index contributed by atoms with van der Waals surface area (Å²) >= 11 is 0. The molecule has 2 aliphatic heterocycles. The Bertz CT molecular complexity index is 227. The summed E-state index contributed by atoms with van der Waals surface area (Å²) in [7, 11) is 0. The smallest absolute Gasteiger partial charge is 0.129 e. The molecule has 0 unspecified atom stereocenters. The van der Waals surface area contributed by atoms with Crippen LogP contribution in [-0.2, 0) is 14.3 Å². The highest BCUT2D eigenvalue weighted by molar-refractivity contribution is 5.75. The van der Waals surface area contributed by atoms with E-state index in [0.717, 1.165) is 45.7 Å². The highest BCUT2D eigenvalue weighted by Gasteiger charge is 2.45. The number of Topliss-reactive ketones (excluding diaryl/α,β-unsaturated/α-hetero) is 1. The molecule has 0 radical (unpaired) electrons. The molecule has 0 saturated carbocycles. The number of hydrogen-bond acceptors (Lipinski definition) is 3. The van der Waals surface area contributed by atoms with Gasteiger partial charge in [0.15, 0.2) is 0 Å². The maximum absolute atomic E-state index is 11.0. The van der Waals surface area contributed by atoms with Crippen molar-refractivity contribution in [2.24, 2.45) is 11.3 Å². The lowest BCUT2D eigenvalue weighted by Crippen LogP contribution is -2.50. The Kier molecular flexibility index (Phi) is 3.42. The summed E-state index contributed by atoms with van der Waals surface area (Å²) in [5.74, 6) is 1.01. The van der Waals surface area contributed by atoms with E-state index >= 15 is 0 Å². The van der Waals surface area contributed by atoms with Gasteiger partial charge in [0.05, 0.1) is 13.2 Å². The summed E-state index contributed by atoms with van der Waals surface area (Å²) in [5.41, 5.74) is 0.301. The Morgan fingerprint density at radius 3 is 2.40 bits per heavy atom. The Labute approximate surface area is 91.1 Å². The van der Waals surface area contributed by atoms with Crippen molar-refractivity contribution >= 4 is 5.78 Å². The first-order chi connectivity index (χ1) is 7.23. The van der Waals surface area contributed by atoms with Crippen LogP contribution in [0, 0.1) is 11.3 Å². The first-order valence-corrected chi connectivity index (χ1v) is 5.88. The monoisotopic (exact) mass is 212 g/mol. The number of carbonyl (C=O) groups is 1. The van der Waals surface area contributed by atoms with Crippen LogP contribution in [0.3, 0.4) is 0 Å². The van der Waals surface area contributed by atoms with Crippen molar-refractivity contribution in [2.75, 3.05) is 26.4 Å². The molecular formula is C12H20O3. The molecule has 3 nitrogen and oxygen atoms in total. The number of ether oxygens (including phenoxy) is 2. The second-order valence-corrected chi connectivity index (χ2v) is 4.94. The molecule has 0 amide bonds. The lowest BCUT2D eigenvalue weighted by molar-refractivity contribution is -0.168. The van der Waals surface area contributed by atoms with Crippen molar-refractivity contribution in [3.8, 4) is 0 Å². The third-order valence-electron chi connectivity index (χ3n) is 3.84. The van der Waals surface area contributed by atoms with Crippen molar-refractivity contribution in [2.45, 2.75) is 32.6 Å². The van der Waals surface area contributed by atoms with Gasteiger partial charge in [-0.2, -0.15) is 0 Å². The predicted molar refractivity (Wildman–Crippen MR) is 56.7 cm³/mol. The van der Waals surface area contributed by atoms with Crippen LogP contribution >= 0.6 is 0 Å². The van der Waals surface area contributed by atoms with Crippen molar-refractivity contribution in [3.63, 3.8) is 0 Å². The molecule has 2 fully saturated rings. The highest BCUT2D eigenvalue weighted by Crippen LogP contribution is 2.44. The molecule has 0 aromatic carbocycles. The molecule has 86 valence electrons. The number of ketones is 1. The van der Waals surface area contributed by atoms with Crippen LogP contribution in [-0.4, -0.2) is 32.2 Å². The third-order valence-corrected chi connectivity index (χ3v) is 3.84. The minimum Gasteiger partial charge on any atom is -0.381 e. The fraction of sp³-hybridized carbons (Fsp3) is 0.917. The molecule has 0 bridgehead atoms. The molecule has 3 heteroatoms. The van der Waals surface area contributed by atoms with Crippen LogP contribution < -0.4 is 0 Å². The number of hydrogen-bond donors (Lipinski definition) is 0. The summed E-state index contributed by atoms with van der Waals surface area (Å²) in [6.45, 7) is 5.14. The van der Waals surface area contributed by atoms with E-state index in [4.69, 9.17) is 9.47 Å². The fourth-order valence-electron chi connectivity index (χ4n) is 2.68. The summed E-state index contributed by atoms with van der Waals surface area (Å²) in [4.78, 5) is 11.0. The highest BCUT2D eigenvalue weighted by atomic mass is 16.5. The predicted octanol–water partition coefficient (Wildman–Crippen LogP) is 1.80. The maximum Gasteiger partial charge on any atom is 0.129 e. The minimum atomic E-state index is 0.299. The second kappa shape index (κ2) is 4.62. The average Bonchev–Trinajstić information content (AvgIpc) is 2.17. The molecule has 2 heterocycles. The van der Waals surface area contributed by atoms with Crippen molar-refractivity contribution in [1.82, 2.24) is 0 Å². The molecule has 15 heavy (non-hydrogen) atoms. The van der Waals surface area contributed by atoms with E-state index in [2.05, 4.69) is 0 Å². The quantitative estimate of drug-likeness (QED) is 0.712. The Morgan fingerprint density at radius 1 is 1.27 bits per heavy atom. The van der Waals surface area contributed by atoms with Gasteiger partial charge in [-0.1, -0.05) is 0 Å². The topological polar surface area (TPSA) is 35.5 Å². The zero-order chi connectivity index (χ0) is 10.7. The van der Waals surface area contributed by atoms with Gasteiger partial charge in [0.25, 0.3) is 0 Å². The van der Waals surface area contributed by atoms with Crippen LogP contribution in [0.5, 0.6) is 0 Å². The van der Waals surface area contributed by atoms with Crippen molar-refractivity contribution < 1.29 is 14.3 Å². The maximum atomic E-state index is 11.0. The van der Waals surface area contributed by atoms with Gasteiger partial charge in [0.2, 0.25) is 0 Å². The summed E-state index contributed by atoms with van der Waals surface area (Å²) < 4.78 is 10.8. The molecule has 2 saturated heterocycles. The van der Waals surface area contributed by atoms with Gasteiger partial charge in [-0.3, -0.25) is 0 Å². The third kappa shape index (κ3) is 2.40. The van der Waals surface area contributed by atoms with E-state index in [1.807, 2.05) is 0 Å². The van der Waals surface area contributed by atoms with E-state index in [0.29, 0.717) is 23.5 Å². The van der Waals surface area contributed by atoms with Crippen LogP contribution in [0.25, 0.3) is 0 Å². The fourth-order valence-corrected chi connectivity index (χ4v) is 2.68. The summed E-state index contributed by atoms with van der Waals surface area (Å²) in [5, 5.41) is 0. The Hall–Kier alpha value is -0.410. The summed E-state index contributed by atoms with van der Waals surface area (Å²) in [6.07, 6.45) is 4.00. The second-order valence-electron chi connectivity index (χ2n) is 4.94. The zero-order valence-corrected chi connectivity index (χ0v) is 9.46. The van der Waals surface area contributed by atoms with Crippen molar-refractivity contribution in [1.29, 1.82) is 0 Å².